The number of hydrogen-bond donors (Lipinski definition) is 5. The lowest BCUT2D eigenvalue weighted by atomic mass is 10.1. The Hall–Kier alpha value is -4.64. The molecule has 212 valence electrons. The fraction of sp³-hybridized carbons (Fsp3) is 0.261. The molecule has 0 radical (unpaired) electrons. The summed E-state index contributed by atoms with van der Waals surface area (Å²) in [6, 6.07) is -1.04. The standard InChI is InChI=1S/C23H23F2N7O7S/c1-10-20(11(2)39-30-10)40(37,38)31-16(22(35)36)9-32(3)21(34)14-8-28-18-12(19(14)33)6-15(24)13(17(18)25)7-29-23-26-4-5-27-23/h4-6,8,16,31H,7,9H2,1-3H3,(H,28,33)(H,35,36)(H2,26,27,29). The van der Waals surface area contributed by atoms with Crippen LogP contribution < -0.4 is 15.5 Å². The number of amides is 1. The van der Waals surface area contributed by atoms with Gasteiger partial charge in [-0.3, -0.25) is 14.4 Å². The van der Waals surface area contributed by atoms with E-state index in [0.29, 0.717) is 0 Å². The molecule has 0 bridgehead atoms. The zero-order valence-corrected chi connectivity index (χ0v) is 22.0. The number of H-pyrrole nitrogens is 2. The number of aliphatic carboxylic acids is 1. The van der Waals surface area contributed by atoms with Crippen LogP contribution in [-0.4, -0.2) is 70.0 Å². The molecule has 0 saturated heterocycles. The van der Waals surface area contributed by atoms with E-state index in [1.54, 1.807) is 0 Å². The van der Waals surface area contributed by atoms with Crippen LogP contribution in [0.4, 0.5) is 14.7 Å². The summed E-state index contributed by atoms with van der Waals surface area (Å²) < 4.78 is 62.2. The van der Waals surface area contributed by atoms with Gasteiger partial charge in [-0.05, 0) is 19.9 Å². The number of rotatable bonds is 10. The summed E-state index contributed by atoms with van der Waals surface area (Å²) in [7, 11) is -3.28. The zero-order valence-electron chi connectivity index (χ0n) is 21.2. The van der Waals surface area contributed by atoms with Crippen LogP contribution in [0.1, 0.15) is 27.4 Å². The van der Waals surface area contributed by atoms with Crippen molar-refractivity contribution >= 4 is 38.8 Å². The van der Waals surface area contributed by atoms with Crippen LogP contribution in [0, 0.1) is 25.5 Å². The lowest BCUT2D eigenvalue weighted by Crippen LogP contribution is -2.49. The molecule has 0 saturated carbocycles. The topological polar surface area (TPSA) is 203 Å². The molecular weight excluding hydrogens is 556 g/mol. The van der Waals surface area contributed by atoms with Crippen molar-refractivity contribution in [1.29, 1.82) is 0 Å². The minimum atomic E-state index is -4.42. The van der Waals surface area contributed by atoms with Crippen molar-refractivity contribution in [2.75, 3.05) is 18.9 Å². The number of imidazole rings is 1. The number of carbonyl (C=O) groups is 2. The third-order valence-corrected chi connectivity index (χ3v) is 7.67. The second-order valence-electron chi connectivity index (χ2n) is 8.75. The number of aromatic amines is 2. The number of carboxylic acids is 1. The van der Waals surface area contributed by atoms with Gasteiger partial charge >= 0.3 is 5.97 Å². The molecule has 0 aliphatic rings. The van der Waals surface area contributed by atoms with Crippen LogP contribution >= 0.6 is 0 Å². The maximum atomic E-state index is 15.1. The maximum Gasteiger partial charge on any atom is 0.323 e. The van der Waals surface area contributed by atoms with E-state index in [4.69, 9.17) is 4.52 Å². The van der Waals surface area contributed by atoms with Crippen LogP contribution in [0.15, 0.2) is 38.9 Å². The molecule has 1 amide bonds. The van der Waals surface area contributed by atoms with Crippen molar-refractivity contribution in [2.45, 2.75) is 31.3 Å². The van der Waals surface area contributed by atoms with Gasteiger partial charge in [0.25, 0.3) is 5.91 Å². The smallest absolute Gasteiger partial charge is 0.323 e. The highest BCUT2D eigenvalue weighted by molar-refractivity contribution is 7.89. The maximum absolute atomic E-state index is 15.1. The Bertz CT molecular complexity index is 1750. The fourth-order valence-corrected chi connectivity index (χ4v) is 5.53. The third kappa shape index (κ3) is 5.41. The van der Waals surface area contributed by atoms with Gasteiger partial charge in [0.1, 0.15) is 28.0 Å². The summed E-state index contributed by atoms with van der Waals surface area (Å²) in [4.78, 5) is 47.4. The average molecular weight is 580 g/mol. The summed E-state index contributed by atoms with van der Waals surface area (Å²) >= 11 is 0. The molecule has 14 nitrogen and oxygen atoms in total. The summed E-state index contributed by atoms with van der Waals surface area (Å²) in [6.45, 7) is 1.68. The number of fused-ring (bicyclic) bond motifs is 1. The Morgan fingerprint density at radius 2 is 1.98 bits per heavy atom. The molecule has 3 heterocycles. The van der Waals surface area contributed by atoms with Gasteiger partial charge in [0.05, 0.1) is 10.9 Å². The summed E-state index contributed by atoms with van der Waals surface area (Å²) in [5, 5.41) is 15.4. The molecule has 0 aliphatic heterocycles. The summed E-state index contributed by atoms with van der Waals surface area (Å²) in [5.74, 6) is -4.53. The van der Waals surface area contributed by atoms with E-state index in [1.807, 2.05) is 4.72 Å². The Morgan fingerprint density at radius 1 is 1.25 bits per heavy atom. The molecular formula is C23H23F2N7O7S. The van der Waals surface area contributed by atoms with Crippen molar-refractivity contribution in [1.82, 2.24) is 29.7 Å². The monoisotopic (exact) mass is 579 g/mol. The highest BCUT2D eigenvalue weighted by Gasteiger charge is 2.32. The number of sulfonamides is 1. The Kier molecular flexibility index (Phi) is 7.70. The third-order valence-electron chi connectivity index (χ3n) is 5.96. The van der Waals surface area contributed by atoms with E-state index in [0.717, 1.165) is 24.2 Å². The van der Waals surface area contributed by atoms with Gasteiger partial charge in [0.2, 0.25) is 15.5 Å². The van der Waals surface area contributed by atoms with Crippen LogP contribution in [0.5, 0.6) is 0 Å². The van der Waals surface area contributed by atoms with E-state index >= 15 is 4.39 Å². The number of carboxylic acid groups (broad SMARTS) is 1. The van der Waals surface area contributed by atoms with Crippen LogP contribution in [0.2, 0.25) is 0 Å². The van der Waals surface area contributed by atoms with E-state index in [-0.39, 0.29) is 39.9 Å². The van der Waals surface area contributed by atoms with E-state index in [9.17, 15) is 32.3 Å². The first-order chi connectivity index (χ1) is 18.8. The predicted molar refractivity (Wildman–Crippen MR) is 135 cm³/mol. The number of carbonyl (C=O) groups excluding carboxylic acids is 1. The summed E-state index contributed by atoms with van der Waals surface area (Å²) in [6.07, 6.45) is 3.86. The lowest BCUT2D eigenvalue weighted by molar-refractivity contribution is -0.139. The Morgan fingerprint density at radius 3 is 2.58 bits per heavy atom. The van der Waals surface area contributed by atoms with Crippen molar-refractivity contribution in [3.05, 3.63) is 69.1 Å². The average Bonchev–Trinajstić information content (AvgIpc) is 3.53. The quantitative estimate of drug-likeness (QED) is 0.182. The Balaban J connectivity index is 1.58. The number of anilines is 1. The molecule has 0 spiro atoms. The molecule has 1 unspecified atom stereocenters. The van der Waals surface area contributed by atoms with E-state index < -0.39 is 62.5 Å². The zero-order chi connectivity index (χ0) is 29.4. The second kappa shape index (κ2) is 10.9. The van der Waals surface area contributed by atoms with Crippen molar-refractivity contribution in [3.63, 3.8) is 0 Å². The highest BCUT2D eigenvalue weighted by atomic mass is 32.2. The lowest BCUT2D eigenvalue weighted by Gasteiger charge is -2.22. The predicted octanol–water partition coefficient (Wildman–Crippen LogP) is 1.25. The molecule has 4 rings (SSSR count). The largest absolute Gasteiger partial charge is 0.480 e. The van der Waals surface area contributed by atoms with Crippen molar-refractivity contribution < 1.29 is 36.4 Å². The second-order valence-corrected chi connectivity index (χ2v) is 10.4. The number of aromatic nitrogens is 4. The van der Waals surface area contributed by atoms with Crippen LogP contribution in [0.25, 0.3) is 10.9 Å². The van der Waals surface area contributed by atoms with E-state index in [1.165, 1.54) is 26.2 Å². The first kappa shape index (κ1) is 28.4. The van der Waals surface area contributed by atoms with Gasteiger partial charge in [-0.25, -0.2) is 22.2 Å². The van der Waals surface area contributed by atoms with Gasteiger partial charge in [-0.1, -0.05) is 5.16 Å². The van der Waals surface area contributed by atoms with Crippen molar-refractivity contribution in [3.8, 4) is 0 Å². The number of halogens is 2. The Labute approximate surface area is 224 Å². The number of nitrogens with one attached hydrogen (secondary N) is 4. The molecule has 0 fully saturated rings. The normalized spacial score (nSPS) is 12.4. The van der Waals surface area contributed by atoms with Gasteiger partial charge in [-0.15, -0.1) is 0 Å². The molecule has 1 aromatic carbocycles. The van der Waals surface area contributed by atoms with Crippen LogP contribution in [-0.2, 0) is 21.4 Å². The van der Waals surface area contributed by atoms with E-state index in [2.05, 4.69) is 25.4 Å². The number of likely N-dealkylation sites (N-methyl/N-ethyl adjacent to an activating group) is 1. The first-order valence-electron chi connectivity index (χ1n) is 11.5. The number of benzene rings is 1. The van der Waals surface area contributed by atoms with Gasteiger partial charge in [0, 0.05) is 44.3 Å². The van der Waals surface area contributed by atoms with Gasteiger partial charge in [0.15, 0.2) is 17.5 Å². The molecule has 3 aromatic heterocycles. The number of hydrogen-bond acceptors (Lipinski definition) is 9. The molecule has 40 heavy (non-hydrogen) atoms. The fourth-order valence-electron chi connectivity index (χ4n) is 4.02. The van der Waals surface area contributed by atoms with Gasteiger partial charge in [-0.2, -0.15) is 4.72 Å². The number of aryl methyl sites for hydroxylation is 2. The first-order valence-corrected chi connectivity index (χ1v) is 13.0. The van der Waals surface area contributed by atoms with Crippen LogP contribution in [0.3, 0.4) is 0 Å². The highest BCUT2D eigenvalue weighted by Crippen LogP contribution is 2.22. The van der Waals surface area contributed by atoms with Crippen molar-refractivity contribution in [2.24, 2.45) is 0 Å². The molecule has 1 atom stereocenters. The number of pyridine rings is 1. The SMILES string of the molecule is Cc1noc(C)c1S(=O)(=O)NC(CN(C)C(=O)c1c[nH]c2c(F)c(CNc3ncc[nH]3)c(F)cc2c1=O)C(=O)O. The molecule has 0 aliphatic carbocycles. The minimum absolute atomic E-state index is 0.000589. The minimum Gasteiger partial charge on any atom is -0.480 e. The molecule has 5 N–H and O–H groups in total. The summed E-state index contributed by atoms with van der Waals surface area (Å²) in [5.41, 5.74) is -2.30. The van der Waals surface area contributed by atoms with Gasteiger partial charge < -0.3 is 29.8 Å². The molecule has 4 aromatic rings. The number of nitrogens with zero attached hydrogens (tertiary/aromatic N) is 3. The molecule has 17 heteroatoms.